The van der Waals surface area contributed by atoms with Crippen molar-refractivity contribution in [1.29, 1.82) is 0 Å². The lowest BCUT2D eigenvalue weighted by Crippen LogP contribution is -2.53. The van der Waals surface area contributed by atoms with Gasteiger partial charge in [-0.15, -0.1) is 0 Å². The number of nitrogens with two attached hydrogens (primary N) is 1. The lowest BCUT2D eigenvalue weighted by atomic mass is 9.72. The number of benzene rings is 2. The number of hydrogen-bond donors (Lipinski definition) is 6. The number of aromatic hydroxyl groups is 2. The van der Waals surface area contributed by atoms with Gasteiger partial charge < -0.3 is 45.5 Å². The summed E-state index contributed by atoms with van der Waals surface area (Å²) < 4.78 is 17.0. The van der Waals surface area contributed by atoms with Crippen molar-refractivity contribution in [3.8, 4) is 17.2 Å². The fraction of sp³-hybridized carbons (Fsp3) is 0.444. The Labute approximate surface area is 222 Å². The molecule has 0 radical (unpaired) electrons. The van der Waals surface area contributed by atoms with E-state index in [0.717, 1.165) is 0 Å². The number of carbonyl (C=O) groups is 3. The summed E-state index contributed by atoms with van der Waals surface area (Å²) >= 11 is 0. The molecule has 1 aliphatic heterocycles. The fourth-order valence-corrected chi connectivity index (χ4v) is 5.75. The summed E-state index contributed by atoms with van der Waals surface area (Å²) in [6, 6.07) is 3.64. The molecular weight excluding hydrogens is 514 g/mol. The molecule has 0 bridgehead atoms. The van der Waals surface area contributed by atoms with Crippen molar-refractivity contribution in [2.45, 2.75) is 62.4 Å². The Kier molecular flexibility index (Phi) is 6.74. The number of ketones is 3. The number of aliphatic hydroxyl groups is 3. The first-order valence-corrected chi connectivity index (χ1v) is 12.4. The molecule has 2 aromatic carbocycles. The van der Waals surface area contributed by atoms with Gasteiger partial charge in [-0.2, -0.15) is 0 Å². The SMILES string of the molecule is COc1cccc2c1C(=O)c1c(O)c3c(c(O)c1C2=O)C[C@](O)(C(=O)CO)C[C@@H]3O[C@@H]1C[C@H](N)[C@H](O)[C@@H](C)O1. The van der Waals surface area contributed by atoms with Gasteiger partial charge in [0.25, 0.3) is 0 Å². The van der Waals surface area contributed by atoms with Crippen molar-refractivity contribution >= 4 is 17.3 Å². The molecule has 12 heteroatoms. The van der Waals surface area contributed by atoms with Crippen LogP contribution in [0.25, 0.3) is 0 Å². The average Bonchev–Trinajstić information content (AvgIpc) is 2.90. The van der Waals surface area contributed by atoms with Crippen LogP contribution in [-0.4, -0.2) is 86.7 Å². The monoisotopic (exact) mass is 543 g/mol. The highest BCUT2D eigenvalue weighted by Gasteiger charge is 2.50. The van der Waals surface area contributed by atoms with Gasteiger partial charge in [-0.1, -0.05) is 12.1 Å². The zero-order valence-electron chi connectivity index (χ0n) is 21.2. The zero-order valence-corrected chi connectivity index (χ0v) is 21.2. The second-order valence-electron chi connectivity index (χ2n) is 10.2. The lowest BCUT2D eigenvalue weighted by molar-refractivity contribution is -0.247. The molecule has 1 saturated heterocycles. The minimum Gasteiger partial charge on any atom is -0.507 e. The van der Waals surface area contributed by atoms with Crippen LogP contribution in [0.15, 0.2) is 18.2 Å². The van der Waals surface area contributed by atoms with Crippen LogP contribution < -0.4 is 10.5 Å². The highest BCUT2D eigenvalue weighted by molar-refractivity contribution is 6.31. The summed E-state index contributed by atoms with van der Waals surface area (Å²) in [6.45, 7) is 0.560. The van der Waals surface area contributed by atoms with Crippen LogP contribution in [0.5, 0.6) is 17.2 Å². The van der Waals surface area contributed by atoms with E-state index in [-0.39, 0.29) is 34.4 Å². The molecule has 6 atom stereocenters. The van der Waals surface area contributed by atoms with Crippen LogP contribution in [0.4, 0.5) is 0 Å². The summed E-state index contributed by atoms with van der Waals surface area (Å²) in [5.74, 6) is -3.77. The molecule has 12 nitrogen and oxygen atoms in total. The van der Waals surface area contributed by atoms with E-state index in [1.807, 2.05) is 0 Å². The zero-order chi connectivity index (χ0) is 28.4. The van der Waals surface area contributed by atoms with Gasteiger partial charge in [0.1, 0.15) is 29.5 Å². The summed E-state index contributed by atoms with van der Waals surface area (Å²) in [5, 5.41) is 53.7. The van der Waals surface area contributed by atoms with Gasteiger partial charge in [-0.25, -0.2) is 0 Å². The highest BCUT2D eigenvalue weighted by atomic mass is 16.7. The largest absolute Gasteiger partial charge is 0.507 e. The molecule has 0 unspecified atom stereocenters. The van der Waals surface area contributed by atoms with Gasteiger partial charge in [0.05, 0.1) is 42.1 Å². The lowest BCUT2D eigenvalue weighted by Gasteiger charge is -2.42. The minimum atomic E-state index is -2.24. The summed E-state index contributed by atoms with van der Waals surface area (Å²) in [7, 11) is 1.32. The molecule has 39 heavy (non-hydrogen) atoms. The molecule has 208 valence electrons. The number of phenols is 2. The predicted molar refractivity (Wildman–Crippen MR) is 132 cm³/mol. The summed E-state index contributed by atoms with van der Waals surface area (Å²) in [6.07, 6.45) is -5.12. The third-order valence-electron chi connectivity index (χ3n) is 7.81. The molecule has 7 N–H and O–H groups in total. The number of methoxy groups -OCH3 is 1. The third kappa shape index (κ3) is 4.11. The first kappa shape index (κ1) is 27.2. The van der Waals surface area contributed by atoms with Gasteiger partial charge in [0, 0.05) is 42.0 Å². The van der Waals surface area contributed by atoms with E-state index in [2.05, 4.69) is 0 Å². The minimum absolute atomic E-state index is 0.0173. The molecule has 0 spiro atoms. The van der Waals surface area contributed by atoms with Gasteiger partial charge >= 0.3 is 0 Å². The van der Waals surface area contributed by atoms with Crippen LogP contribution in [0.3, 0.4) is 0 Å². The Hall–Kier alpha value is -3.39. The van der Waals surface area contributed by atoms with Crippen molar-refractivity contribution in [2.75, 3.05) is 13.7 Å². The first-order valence-electron chi connectivity index (χ1n) is 12.4. The Morgan fingerprint density at radius 1 is 1.15 bits per heavy atom. The van der Waals surface area contributed by atoms with Gasteiger partial charge in [-0.3, -0.25) is 14.4 Å². The number of ether oxygens (including phenoxy) is 3. The molecule has 5 rings (SSSR count). The predicted octanol–water partition coefficient (Wildman–Crippen LogP) is 0.00130. The van der Waals surface area contributed by atoms with Crippen LogP contribution in [0.1, 0.15) is 68.8 Å². The molecule has 3 aliphatic rings. The van der Waals surface area contributed by atoms with Crippen molar-refractivity contribution < 1.29 is 54.1 Å². The number of rotatable bonds is 5. The molecule has 1 fully saturated rings. The Balaban J connectivity index is 1.69. The molecule has 1 heterocycles. The number of aliphatic hydroxyl groups excluding tert-OH is 2. The Morgan fingerprint density at radius 2 is 1.85 bits per heavy atom. The van der Waals surface area contributed by atoms with Crippen molar-refractivity contribution in [3.05, 3.63) is 51.6 Å². The van der Waals surface area contributed by atoms with E-state index in [0.29, 0.717) is 0 Å². The highest BCUT2D eigenvalue weighted by Crippen LogP contribution is 2.52. The maximum Gasteiger partial charge on any atom is 0.202 e. The molecule has 0 aromatic heterocycles. The third-order valence-corrected chi connectivity index (χ3v) is 7.81. The van der Waals surface area contributed by atoms with E-state index in [4.69, 9.17) is 19.9 Å². The first-order chi connectivity index (χ1) is 18.4. The number of phenolic OH excluding ortho intramolecular Hbond substituents is 2. The quantitative estimate of drug-likeness (QED) is 0.235. The number of Topliss-reactive ketones (excluding diaryl/α,β-unsaturated/α-hetero) is 1. The second-order valence-corrected chi connectivity index (χ2v) is 10.2. The van der Waals surface area contributed by atoms with Crippen LogP contribution >= 0.6 is 0 Å². The number of carbonyl (C=O) groups excluding carboxylic acids is 3. The van der Waals surface area contributed by atoms with Crippen LogP contribution in [-0.2, 0) is 20.7 Å². The van der Waals surface area contributed by atoms with Crippen LogP contribution in [0.2, 0.25) is 0 Å². The summed E-state index contributed by atoms with van der Waals surface area (Å²) in [4.78, 5) is 39.7. The van der Waals surface area contributed by atoms with Crippen LogP contribution in [0, 0.1) is 0 Å². The standard InChI is InChI=1S/C27H29NO11/c1-10-22(31)13(28)6-17(38-10)39-15-8-27(36,16(30)9-29)7-12-19(15)26(35)21-20(24(12)33)23(32)11-4-3-5-14(37-2)18(11)25(21)34/h3-5,10,13,15,17,22,29,31,33,35-36H,6-9,28H2,1-2H3/t10-,13+,15+,17-,22-,27-/m1/s1. The summed E-state index contributed by atoms with van der Waals surface area (Å²) in [5.41, 5.74) is 2.37. The van der Waals surface area contributed by atoms with Gasteiger partial charge in [0.15, 0.2) is 17.9 Å². The molecule has 2 aliphatic carbocycles. The maximum atomic E-state index is 13.6. The molecule has 0 saturated carbocycles. The van der Waals surface area contributed by atoms with E-state index < -0.39 is 95.7 Å². The van der Waals surface area contributed by atoms with Crippen molar-refractivity contribution in [3.63, 3.8) is 0 Å². The van der Waals surface area contributed by atoms with E-state index in [1.165, 1.54) is 25.3 Å². The average molecular weight is 544 g/mol. The van der Waals surface area contributed by atoms with E-state index in [9.17, 15) is 39.9 Å². The topological polar surface area (TPSA) is 206 Å². The van der Waals surface area contributed by atoms with Crippen molar-refractivity contribution in [1.82, 2.24) is 0 Å². The number of hydrogen-bond acceptors (Lipinski definition) is 12. The van der Waals surface area contributed by atoms with E-state index >= 15 is 0 Å². The van der Waals surface area contributed by atoms with E-state index in [1.54, 1.807) is 6.92 Å². The molecule has 0 amide bonds. The Morgan fingerprint density at radius 3 is 2.49 bits per heavy atom. The van der Waals surface area contributed by atoms with Crippen molar-refractivity contribution in [2.24, 2.45) is 5.73 Å². The second kappa shape index (κ2) is 9.66. The smallest absolute Gasteiger partial charge is 0.202 e. The Bertz CT molecular complexity index is 1380. The normalized spacial score (nSPS) is 29.8. The van der Waals surface area contributed by atoms with Gasteiger partial charge in [0.2, 0.25) is 5.78 Å². The molecular formula is C27H29NO11. The number of fused-ring (bicyclic) bond motifs is 3. The fourth-order valence-electron chi connectivity index (χ4n) is 5.75. The molecule has 2 aromatic rings. The van der Waals surface area contributed by atoms with Gasteiger partial charge in [-0.05, 0) is 13.0 Å². The maximum absolute atomic E-state index is 13.6.